The second-order valence-corrected chi connectivity index (χ2v) is 6.43. The zero-order valence-electron chi connectivity index (χ0n) is 13.2. The number of ether oxygens (including phenoxy) is 1. The summed E-state index contributed by atoms with van der Waals surface area (Å²) in [5.74, 6) is 0.144. The molecule has 0 aliphatic carbocycles. The fraction of sp³-hybridized carbons (Fsp3) is 0.643. The molecule has 1 heterocycles. The summed E-state index contributed by atoms with van der Waals surface area (Å²) in [4.78, 5) is 29.8. The second kappa shape index (κ2) is 7.97. The van der Waals surface area contributed by atoms with Crippen LogP contribution in [0.5, 0.6) is 0 Å². The van der Waals surface area contributed by atoms with Gasteiger partial charge in [-0.05, 0) is 19.3 Å². The largest absolute Gasteiger partial charge is 0.453 e. The molecule has 1 aromatic rings. The van der Waals surface area contributed by atoms with Crippen LogP contribution in [0.15, 0.2) is 5.38 Å². The van der Waals surface area contributed by atoms with E-state index in [9.17, 15) is 9.59 Å². The van der Waals surface area contributed by atoms with Gasteiger partial charge in [-0.15, -0.1) is 11.3 Å². The van der Waals surface area contributed by atoms with Gasteiger partial charge in [-0.25, -0.2) is 9.78 Å². The van der Waals surface area contributed by atoms with Crippen LogP contribution < -0.4 is 5.32 Å². The molecule has 0 aromatic carbocycles. The first kappa shape index (κ1) is 17.4. The fourth-order valence-electron chi connectivity index (χ4n) is 1.96. The molecule has 118 valence electrons. The van der Waals surface area contributed by atoms with Gasteiger partial charge in [0, 0.05) is 12.4 Å². The van der Waals surface area contributed by atoms with Gasteiger partial charge in [0.1, 0.15) is 6.04 Å². The van der Waals surface area contributed by atoms with E-state index in [1.165, 1.54) is 7.11 Å². The van der Waals surface area contributed by atoms with Gasteiger partial charge < -0.3 is 15.0 Å². The number of amides is 2. The highest BCUT2D eigenvalue weighted by Crippen LogP contribution is 2.12. The number of nitrogens with zero attached hydrogens (tertiary/aromatic N) is 2. The van der Waals surface area contributed by atoms with Gasteiger partial charge in [-0.2, -0.15) is 0 Å². The first-order valence-corrected chi connectivity index (χ1v) is 7.72. The predicted octanol–water partition coefficient (Wildman–Crippen LogP) is 2.18. The number of carbonyl (C=O) groups excluding carboxylic acids is 2. The Balaban J connectivity index is 2.70. The minimum Gasteiger partial charge on any atom is -0.453 e. The zero-order valence-corrected chi connectivity index (χ0v) is 14.0. The van der Waals surface area contributed by atoms with E-state index in [0.717, 1.165) is 10.7 Å². The second-order valence-electron chi connectivity index (χ2n) is 5.37. The van der Waals surface area contributed by atoms with Crippen LogP contribution in [-0.4, -0.2) is 42.1 Å². The van der Waals surface area contributed by atoms with Crippen molar-refractivity contribution in [2.75, 3.05) is 14.2 Å². The average molecular weight is 313 g/mol. The van der Waals surface area contributed by atoms with Crippen LogP contribution in [-0.2, 0) is 16.1 Å². The molecule has 1 aromatic heterocycles. The number of likely N-dealkylation sites (N-methyl/N-ethyl adjacent to an activating group) is 1. The summed E-state index contributed by atoms with van der Waals surface area (Å²) in [6.45, 7) is 6.36. The van der Waals surface area contributed by atoms with Gasteiger partial charge in [0.05, 0.1) is 24.4 Å². The molecule has 1 rings (SSSR count). The number of nitrogens with one attached hydrogen (secondary N) is 1. The average Bonchev–Trinajstić information content (AvgIpc) is 2.81. The third-order valence-corrected chi connectivity index (χ3v) is 3.75. The first-order chi connectivity index (χ1) is 9.83. The Morgan fingerprint density at radius 1 is 1.48 bits per heavy atom. The third-order valence-electron chi connectivity index (χ3n) is 2.92. The van der Waals surface area contributed by atoms with Crippen LogP contribution in [0.3, 0.4) is 0 Å². The van der Waals surface area contributed by atoms with Crippen molar-refractivity contribution in [3.8, 4) is 0 Å². The van der Waals surface area contributed by atoms with Crippen molar-refractivity contribution in [1.29, 1.82) is 0 Å². The maximum absolute atomic E-state index is 12.5. The van der Waals surface area contributed by atoms with Crippen LogP contribution in [0.4, 0.5) is 4.79 Å². The van der Waals surface area contributed by atoms with Crippen molar-refractivity contribution in [2.45, 2.75) is 39.8 Å². The Morgan fingerprint density at radius 3 is 2.62 bits per heavy atom. The summed E-state index contributed by atoms with van der Waals surface area (Å²) in [5, 5.41) is 5.50. The SMILES string of the molecule is COC(=O)NC(CC(C)C)C(=O)N(C)Cc1csc(C)n1. The van der Waals surface area contributed by atoms with Gasteiger partial charge in [0.2, 0.25) is 5.91 Å². The van der Waals surface area contributed by atoms with E-state index in [1.54, 1.807) is 23.3 Å². The zero-order chi connectivity index (χ0) is 16.0. The molecule has 0 radical (unpaired) electrons. The molecule has 6 nitrogen and oxygen atoms in total. The van der Waals surface area contributed by atoms with Gasteiger partial charge in [0.15, 0.2) is 0 Å². The minimum atomic E-state index is -0.591. The number of aromatic nitrogens is 1. The first-order valence-electron chi connectivity index (χ1n) is 6.84. The molecule has 1 unspecified atom stereocenters. The number of carbonyl (C=O) groups is 2. The normalized spacial score (nSPS) is 12.1. The number of thiazole rings is 1. The lowest BCUT2D eigenvalue weighted by molar-refractivity contribution is -0.133. The summed E-state index contributed by atoms with van der Waals surface area (Å²) >= 11 is 1.55. The predicted molar refractivity (Wildman–Crippen MR) is 82.1 cm³/mol. The van der Waals surface area contributed by atoms with Crippen LogP contribution >= 0.6 is 11.3 Å². The van der Waals surface area contributed by atoms with Crippen LogP contribution in [0.2, 0.25) is 0 Å². The Labute approximate surface area is 129 Å². The van der Waals surface area contributed by atoms with Crippen molar-refractivity contribution < 1.29 is 14.3 Å². The fourth-order valence-corrected chi connectivity index (χ4v) is 2.57. The number of hydrogen-bond donors (Lipinski definition) is 1. The van der Waals surface area contributed by atoms with E-state index in [0.29, 0.717) is 13.0 Å². The molecular weight excluding hydrogens is 290 g/mol. The summed E-state index contributed by atoms with van der Waals surface area (Å²) in [6, 6.07) is -0.581. The summed E-state index contributed by atoms with van der Waals surface area (Å²) < 4.78 is 4.58. The van der Waals surface area contributed by atoms with Gasteiger partial charge in [-0.3, -0.25) is 4.79 Å². The van der Waals surface area contributed by atoms with Crippen LogP contribution in [0, 0.1) is 12.8 Å². The molecule has 21 heavy (non-hydrogen) atoms. The molecular formula is C14H23N3O3S. The molecule has 0 saturated heterocycles. The van der Waals surface area contributed by atoms with Crippen molar-refractivity contribution in [2.24, 2.45) is 5.92 Å². The van der Waals surface area contributed by atoms with Gasteiger partial charge in [-0.1, -0.05) is 13.8 Å². The van der Waals surface area contributed by atoms with E-state index < -0.39 is 12.1 Å². The van der Waals surface area contributed by atoms with Crippen LogP contribution in [0.25, 0.3) is 0 Å². The summed E-state index contributed by atoms with van der Waals surface area (Å²) in [5.41, 5.74) is 0.856. The lowest BCUT2D eigenvalue weighted by Crippen LogP contribution is -2.47. The van der Waals surface area contributed by atoms with Gasteiger partial charge >= 0.3 is 6.09 Å². The Bertz CT molecular complexity index is 488. The number of alkyl carbamates (subject to hydrolysis) is 1. The molecule has 0 spiro atoms. The Morgan fingerprint density at radius 2 is 2.14 bits per heavy atom. The van der Waals surface area contributed by atoms with Crippen LogP contribution in [0.1, 0.15) is 31.0 Å². The molecule has 0 aliphatic heterocycles. The number of hydrogen-bond acceptors (Lipinski definition) is 5. The topological polar surface area (TPSA) is 71.5 Å². The van der Waals surface area contributed by atoms with E-state index in [1.807, 2.05) is 26.2 Å². The summed E-state index contributed by atoms with van der Waals surface area (Å²) in [7, 11) is 3.00. The minimum absolute atomic E-state index is 0.139. The van der Waals surface area contributed by atoms with E-state index >= 15 is 0 Å². The maximum atomic E-state index is 12.5. The highest BCUT2D eigenvalue weighted by molar-refractivity contribution is 7.09. The van der Waals surface area contributed by atoms with Crippen molar-refractivity contribution in [1.82, 2.24) is 15.2 Å². The van der Waals surface area contributed by atoms with E-state index in [4.69, 9.17) is 0 Å². The molecule has 2 amide bonds. The molecule has 1 atom stereocenters. The summed E-state index contributed by atoms with van der Waals surface area (Å²) in [6.07, 6.45) is -0.0270. The molecule has 0 aliphatic rings. The number of methoxy groups -OCH3 is 1. The van der Waals surface area contributed by atoms with E-state index in [-0.39, 0.29) is 11.8 Å². The smallest absolute Gasteiger partial charge is 0.407 e. The van der Waals surface area contributed by atoms with Crippen molar-refractivity contribution >= 4 is 23.3 Å². The lowest BCUT2D eigenvalue weighted by atomic mass is 10.0. The number of aryl methyl sites for hydroxylation is 1. The van der Waals surface area contributed by atoms with Crippen molar-refractivity contribution in [3.05, 3.63) is 16.1 Å². The van der Waals surface area contributed by atoms with E-state index in [2.05, 4.69) is 15.0 Å². The standard InChI is InChI=1S/C14H23N3O3S/c1-9(2)6-12(16-14(19)20-5)13(18)17(4)7-11-8-21-10(3)15-11/h8-9,12H,6-7H2,1-5H3,(H,16,19). The molecule has 0 bridgehead atoms. The Hall–Kier alpha value is -1.63. The highest BCUT2D eigenvalue weighted by atomic mass is 32.1. The molecule has 7 heteroatoms. The third kappa shape index (κ3) is 5.71. The molecule has 0 fully saturated rings. The number of rotatable bonds is 6. The van der Waals surface area contributed by atoms with Crippen molar-refractivity contribution in [3.63, 3.8) is 0 Å². The lowest BCUT2D eigenvalue weighted by Gasteiger charge is -2.24. The van der Waals surface area contributed by atoms with Gasteiger partial charge in [0.25, 0.3) is 0 Å². The molecule has 0 saturated carbocycles. The Kier molecular flexibility index (Phi) is 6.61. The highest BCUT2D eigenvalue weighted by Gasteiger charge is 2.25. The quantitative estimate of drug-likeness (QED) is 0.874. The molecule has 1 N–H and O–H groups in total. The maximum Gasteiger partial charge on any atom is 0.407 e. The monoisotopic (exact) mass is 313 g/mol.